The van der Waals surface area contributed by atoms with Crippen molar-refractivity contribution in [1.29, 1.82) is 0 Å². The first-order valence-corrected chi connectivity index (χ1v) is 9.74. The van der Waals surface area contributed by atoms with Crippen molar-refractivity contribution in [2.45, 2.75) is 32.7 Å². The topological polar surface area (TPSA) is 97.5 Å². The van der Waals surface area contributed by atoms with Crippen LogP contribution in [0.15, 0.2) is 48.0 Å². The number of aromatic nitrogens is 1. The van der Waals surface area contributed by atoms with E-state index in [4.69, 9.17) is 9.47 Å². The molecule has 160 valence electrons. The molecule has 0 saturated carbocycles. The number of rotatable bonds is 9. The van der Waals surface area contributed by atoms with E-state index in [1.54, 1.807) is 18.2 Å². The number of carbonyl (C=O) groups excluding carboxylic acids is 3. The summed E-state index contributed by atoms with van der Waals surface area (Å²) in [5.41, 5.74) is 2.27. The minimum Gasteiger partial charge on any atom is -0.467 e. The van der Waals surface area contributed by atoms with Crippen LogP contribution in [0.4, 0.5) is 0 Å². The second kappa shape index (κ2) is 11.0. The number of H-pyrrole nitrogens is 1. The Labute approximate surface area is 176 Å². The van der Waals surface area contributed by atoms with Gasteiger partial charge in [0.05, 0.1) is 14.2 Å². The first kappa shape index (κ1) is 22.9. The molecule has 0 saturated heterocycles. The van der Waals surface area contributed by atoms with Crippen molar-refractivity contribution < 1.29 is 23.9 Å². The van der Waals surface area contributed by atoms with Gasteiger partial charge in [-0.2, -0.15) is 0 Å². The van der Waals surface area contributed by atoms with Gasteiger partial charge in [-0.3, -0.25) is 4.79 Å². The van der Waals surface area contributed by atoms with Crippen LogP contribution < -0.4 is 5.32 Å². The van der Waals surface area contributed by atoms with Gasteiger partial charge in [0.25, 0.3) is 5.91 Å². The standard InChI is InChI=1S/C23H28N2O5/c1-15(2)12-20(23(28)30-4)25-21(26)19-11-10-18(24-19)14-17(22(27)29-3)13-16-8-6-5-7-9-16/h5-11,14-15,20,24H,12-13H2,1-4H3,(H,25,26)/b17-14+/t20-/m0/s1. The van der Waals surface area contributed by atoms with Crippen LogP contribution in [-0.2, 0) is 25.5 Å². The van der Waals surface area contributed by atoms with Crippen LogP contribution in [0.3, 0.4) is 0 Å². The molecule has 7 nitrogen and oxygen atoms in total. The van der Waals surface area contributed by atoms with E-state index >= 15 is 0 Å². The van der Waals surface area contributed by atoms with Crippen molar-refractivity contribution >= 4 is 23.9 Å². The van der Waals surface area contributed by atoms with Crippen LogP contribution in [0.25, 0.3) is 6.08 Å². The van der Waals surface area contributed by atoms with Crippen LogP contribution in [0, 0.1) is 5.92 Å². The van der Waals surface area contributed by atoms with E-state index in [0.717, 1.165) is 5.56 Å². The SMILES string of the molecule is COC(=O)/C(=C/c1ccc(C(=O)N[C@@H](CC(C)C)C(=O)OC)[nH]1)Cc1ccccc1. The van der Waals surface area contributed by atoms with E-state index in [9.17, 15) is 14.4 Å². The van der Waals surface area contributed by atoms with Crippen molar-refractivity contribution in [3.8, 4) is 0 Å². The summed E-state index contributed by atoms with van der Waals surface area (Å²) in [6.45, 7) is 3.92. The average molecular weight is 412 g/mol. The van der Waals surface area contributed by atoms with Gasteiger partial charge in [-0.05, 0) is 36.1 Å². The largest absolute Gasteiger partial charge is 0.467 e. The molecule has 0 unspecified atom stereocenters. The minimum atomic E-state index is -0.728. The summed E-state index contributed by atoms with van der Waals surface area (Å²) in [4.78, 5) is 39.7. The summed E-state index contributed by atoms with van der Waals surface area (Å²) >= 11 is 0. The Balaban J connectivity index is 2.18. The summed E-state index contributed by atoms with van der Waals surface area (Å²) < 4.78 is 9.67. The Morgan fingerprint density at radius 3 is 2.33 bits per heavy atom. The number of nitrogens with one attached hydrogen (secondary N) is 2. The molecule has 7 heteroatoms. The highest BCUT2D eigenvalue weighted by molar-refractivity contribution is 5.97. The van der Waals surface area contributed by atoms with Crippen LogP contribution in [0.1, 0.15) is 42.0 Å². The average Bonchev–Trinajstić information content (AvgIpc) is 3.20. The number of amides is 1. The fourth-order valence-corrected chi connectivity index (χ4v) is 3.01. The van der Waals surface area contributed by atoms with Crippen molar-refractivity contribution in [2.24, 2.45) is 5.92 Å². The Hall–Kier alpha value is -3.35. The van der Waals surface area contributed by atoms with Crippen molar-refractivity contribution in [3.05, 3.63) is 65.0 Å². The number of methoxy groups -OCH3 is 2. The maximum absolute atomic E-state index is 12.6. The van der Waals surface area contributed by atoms with Gasteiger partial charge in [0, 0.05) is 17.7 Å². The van der Waals surface area contributed by atoms with E-state index in [-0.39, 0.29) is 11.6 Å². The van der Waals surface area contributed by atoms with Crippen LogP contribution in [0.5, 0.6) is 0 Å². The summed E-state index contributed by atoms with van der Waals surface area (Å²) in [5.74, 6) is -1.15. The maximum Gasteiger partial charge on any atom is 0.334 e. The third kappa shape index (κ3) is 6.62. The van der Waals surface area contributed by atoms with Gasteiger partial charge in [-0.25, -0.2) is 9.59 Å². The van der Waals surface area contributed by atoms with E-state index in [1.165, 1.54) is 14.2 Å². The molecule has 1 aromatic carbocycles. The van der Waals surface area contributed by atoms with Gasteiger partial charge in [-0.15, -0.1) is 0 Å². The van der Waals surface area contributed by atoms with Crippen molar-refractivity contribution in [1.82, 2.24) is 10.3 Å². The molecule has 0 radical (unpaired) electrons. The summed E-state index contributed by atoms with van der Waals surface area (Å²) in [6.07, 6.45) is 2.52. The predicted octanol–water partition coefficient (Wildman–Crippen LogP) is 3.13. The molecule has 0 bridgehead atoms. The Morgan fingerprint density at radius 2 is 1.73 bits per heavy atom. The number of esters is 2. The lowest BCUT2D eigenvalue weighted by Gasteiger charge is -2.17. The molecule has 30 heavy (non-hydrogen) atoms. The fraction of sp³-hybridized carbons (Fsp3) is 0.348. The van der Waals surface area contributed by atoms with Crippen molar-refractivity contribution in [3.63, 3.8) is 0 Å². The minimum absolute atomic E-state index is 0.206. The molecule has 0 aliphatic heterocycles. The van der Waals surface area contributed by atoms with Crippen LogP contribution in [0.2, 0.25) is 0 Å². The molecule has 2 rings (SSSR count). The second-order valence-corrected chi connectivity index (χ2v) is 7.33. The molecule has 0 spiro atoms. The highest BCUT2D eigenvalue weighted by Gasteiger charge is 2.23. The van der Waals surface area contributed by atoms with Crippen molar-refractivity contribution in [2.75, 3.05) is 14.2 Å². The lowest BCUT2D eigenvalue weighted by molar-refractivity contribution is -0.143. The van der Waals surface area contributed by atoms with E-state index < -0.39 is 23.9 Å². The number of hydrogen-bond acceptors (Lipinski definition) is 5. The first-order chi connectivity index (χ1) is 14.3. The lowest BCUT2D eigenvalue weighted by Crippen LogP contribution is -2.42. The molecule has 0 aliphatic rings. The highest BCUT2D eigenvalue weighted by Crippen LogP contribution is 2.15. The molecular formula is C23H28N2O5. The Kier molecular flexibility index (Phi) is 8.41. The first-order valence-electron chi connectivity index (χ1n) is 9.74. The third-order valence-electron chi connectivity index (χ3n) is 4.47. The van der Waals surface area contributed by atoms with Gasteiger partial charge in [0.15, 0.2) is 0 Å². The van der Waals surface area contributed by atoms with E-state index in [1.807, 2.05) is 44.2 Å². The second-order valence-electron chi connectivity index (χ2n) is 7.33. The zero-order valence-corrected chi connectivity index (χ0v) is 17.7. The number of ether oxygens (including phenoxy) is 2. The lowest BCUT2D eigenvalue weighted by atomic mass is 10.0. The van der Waals surface area contributed by atoms with E-state index in [2.05, 4.69) is 10.3 Å². The molecule has 0 aliphatic carbocycles. The summed E-state index contributed by atoms with van der Waals surface area (Å²) in [5, 5.41) is 2.70. The number of carbonyl (C=O) groups is 3. The zero-order chi connectivity index (χ0) is 22.1. The number of benzene rings is 1. The molecule has 1 atom stereocenters. The molecule has 1 heterocycles. The molecule has 2 aromatic rings. The Morgan fingerprint density at radius 1 is 1.03 bits per heavy atom. The fourth-order valence-electron chi connectivity index (χ4n) is 3.01. The van der Waals surface area contributed by atoms with Crippen LogP contribution >= 0.6 is 0 Å². The Bertz CT molecular complexity index is 899. The number of hydrogen-bond donors (Lipinski definition) is 2. The maximum atomic E-state index is 12.6. The van der Waals surface area contributed by atoms with Gasteiger partial charge in [-0.1, -0.05) is 44.2 Å². The molecule has 2 N–H and O–H groups in total. The van der Waals surface area contributed by atoms with Gasteiger partial charge in [0.1, 0.15) is 11.7 Å². The quantitative estimate of drug-likeness (QED) is 0.487. The molecule has 1 amide bonds. The van der Waals surface area contributed by atoms with E-state index in [0.29, 0.717) is 24.1 Å². The molecule has 0 fully saturated rings. The molecular weight excluding hydrogens is 384 g/mol. The zero-order valence-electron chi connectivity index (χ0n) is 17.7. The monoisotopic (exact) mass is 412 g/mol. The predicted molar refractivity (Wildman–Crippen MR) is 114 cm³/mol. The third-order valence-corrected chi connectivity index (χ3v) is 4.47. The van der Waals surface area contributed by atoms with Gasteiger partial charge < -0.3 is 19.8 Å². The van der Waals surface area contributed by atoms with Crippen LogP contribution in [-0.4, -0.2) is 43.1 Å². The number of aromatic amines is 1. The highest BCUT2D eigenvalue weighted by atomic mass is 16.5. The summed E-state index contributed by atoms with van der Waals surface area (Å²) in [7, 11) is 2.62. The smallest absolute Gasteiger partial charge is 0.334 e. The summed E-state index contributed by atoms with van der Waals surface area (Å²) in [6, 6.07) is 12.1. The van der Waals surface area contributed by atoms with Gasteiger partial charge >= 0.3 is 11.9 Å². The normalized spacial score (nSPS) is 12.4. The molecule has 1 aromatic heterocycles. The van der Waals surface area contributed by atoms with Gasteiger partial charge in [0.2, 0.25) is 0 Å².